The second-order valence-electron chi connectivity index (χ2n) is 4.50. The van der Waals surface area contributed by atoms with Crippen LogP contribution in [-0.4, -0.2) is 36.4 Å². The van der Waals surface area contributed by atoms with E-state index in [0.29, 0.717) is 18.1 Å². The molecule has 0 aromatic carbocycles. The molecule has 84 valence electrons. The van der Waals surface area contributed by atoms with Crippen LogP contribution in [0.1, 0.15) is 39.5 Å². The van der Waals surface area contributed by atoms with E-state index < -0.39 is 0 Å². The smallest absolute Gasteiger partial charge is 0.0446 e. The molecule has 1 aliphatic rings. The number of nitrogens with one attached hydrogen (secondary N) is 2. The predicted octanol–water partition coefficient (Wildman–Crippen LogP) is 0.877. The van der Waals surface area contributed by atoms with E-state index in [1.54, 1.807) is 0 Å². The molecule has 0 unspecified atom stereocenters. The lowest BCUT2D eigenvalue weighted by Crippen LogP contribution is -2.52. The summed E-state index contributed by atoms with van der Waals surface area (Å²) in [7, 11) is 0. The summed E-state index contributed by atoms with van der Waals surface area (Å²) < 4.78 is 0. The van der Waals surface area contributed by atoms with Gasteiger partial charge in [-0.2, -0.15) is 0 Å². The Labute approximate surface area is 87.3 Å². The first kappa shape index (κ1) is 12.0. The molecule has 14 heavy (non-hydrogen) atoms. The Bertz CT molecular complexity index is 144. The summed E-state index contributed by atoms with van der Waals surface area (Å²) in [6.45, 7) is 5.73. The summed E-state index contributed by atoms with van der Waals surface area (Å²) in [4.78, 5) is 0. The third-order valence-corrected chi connectivity index (χ3v) is 2.82. The second-order valence-corrected chi connectivity index (χ2v) is 4.50. The van der Waals surface area contributed by atoms with Gasteiger partial charge in [0.1, 0.15) is 0 Å². The summed E-state index contributed by atoms with van der Waals surface area (Å²) in [6, 6.07) is 1.48. The third kappa shape index (κ3) is 3.95. The third-order valence-electron chi connectivity index (χ3n) is 2.82. The first-order valence-corrected chi connectivity index (χ1v) is 5.84. The quantitative estimate of drug-likeness (QED) is 0.617. The topological polar surface area (TPSA) is 44.3 Å². The van der Waals surface area contributed by atoms with E-state index in [2.05, 4.69) is 24.5 Å². The van der Waals surface area contributed by atoms with Crippen LogP contribution in [0.3, 0.4) is 0 Å². The minimum absolute atomic E-state index is 0.280. The monoisotopic (exact) mass is 200 g/mol. The largest absolute Gasteiger partial charge is 0.396 e. The molecule has 1 rings (SSSR count). The highest BCUT2D eigenvalue weighted by atomic mass is 16.3. The van der Waals surface area contributed by atoms with Gasteiger partial charge >= 0.3 is 0 Å². The maximum atomic E-state index is 9.01. The highest BCUT2D eigenvalue weighted by Crippen LogP contribution is 2.13. The zero-order chi connectivity index (χ0) is 10.4. The van der Waals surface area contributed by atoms with Gasteiger partial charge in [-0.3, -0.25) is 0 Å². The predicted molar refractivity (Wildman–Crippen MR) is 59.4 cm³/mol. The number of piperidine rings is 1. The molecule has 1 aliphatic heterocycles. The van der Waals surface area contributed by atoms with E-state index in [4.69, 9.17) is 5.11 Å². The fraction of sp³-hybridized carbons (Fsp3) is 1.00. The summed E-state index contributed by atoms with van der Waals surface area (Å²) in [5.41, 5.74) is 0. The van der Waals surface area contributed by atoms with Crippen molar-refractivity contribution in [3.05, 3.63) is 0 Å². The van der Waals surface area contributed by atoms with Crippen LogP contribution >= 0.6 is 0 Å². The molecule has 0 spiro atoms. The van der Waals surface area contributed by atoms with Crippen LogP contribution in [0.25, 0.3) is 0 Å². The Hall–Kier alpha value is -0.120. The van der Waals surface area contributed by atoms with Crippen molar-refractivity contribution in [2.75, 3.05) is 13.2 Å². The van der Waals surface area contributed by atoms with Crippen molar-refractivity contribution in [2.45, 2.75) is 57.7 Å². The van der Waals surface area contributed by atoms with Gasteiger partial charge in [0.15, 0.2) is 0 Å². The van der Waals surface area contributed by atoms with Gasteiger partial charge in [-0.1, -0.05) is 20.3 Å². The summed E-state index contributed by atoms with van der Waals surface area (Å²) in [5.74, 6) is 0. The van der Waals surface area contributed by atoms with Crippen molar-refractivity contribution < 1.29 is 5.11 Å². The van der Waals surface area contributed by atoms with Gasteiger partial charge in [0.2, 0.25) is 0 Å². The highest BCUT2D eigenvalue weighted by molar-refractivity contribution is 4.85. The number of rotatable bonds is 5. The molecule has 1 fully saturated rings. The lowest BCUT2D eigenvalue weighted by Gasteiger charge is -2.33. The van der Waals surface area contributed by atoms with E-state index in [1.807, 2.05) is 0 Å². The number of aliphatic hydroxyl groups is 1. The average Bonchev–Trinajstić information content (AvgIpc) is 2.18. The van der Waals surface area contributed by atoms with Crippen LogP contribution in [0.5, 0.6) is 0 Å². The average molecular weight is 200 g/mol. The molecule has 1 saturated heterocycles. The number of aliphatic hydroxyl groups excluding tert-OH is 1. The molecular weight excluding hydrogens is 176 g/mol. The molecule has 2 atom stereocenters. The maximum Gasteiger partial charge on any atom is 0.0446 e. The van der Waals surface area contributed by atoms with Gasteiger partial charge < -0.3 is 15.7 Å². The second kappa shape index (κ2) is 6.38. The molecule has 3 N–H and O–H groups in total. The normalized spacial score (nSPS) is 25.3. The van der Waals surface area contributed by atoms with Crippen molar-refractivity contribution in [1.82, 2.24) is 10.6 Å². The van der Waals surface area contributed by atoms with Crippen LogP contribution in [-0.2, 0) is 0 Å². The molecule has 3 heteroatoms. The zero-order valence-corrected chi connectivity index (χ0v) is 9.42. The van der Waals surface area contributed by atoms with Crippen LogP contribution in [0.2, 0.25) is 0 Å². The molecule has 0 saturated carbocycles. The van der Waals surface area contributed by atoms with E-state index in [-0.39, 0.29) is 6.61 Å². The van der Waals surface area contributed by atoms with Crippen LogP contribution in [0, 0.1) is 0 Å². The number of hydrogen-bond donors (Lipinski definition) is 3. The molecule has 0 amide bonds. The molecular formula is C11H24N2O. The standard InChI is InChI=1S/C11H24N2O/c1-9(2)13-11(6-8-14)10-5-3-4-7-12-10/h9-14H,3-8H2,1-2H3/t10-,11+/m1/s1. The summed E-state index contributed by atoms with van der Waals surface area (Å²) in [6.07, 6.45) is 4.71. The van der Waals surface area contributed by atoms with Crippen molar-refractivity contribution in [1.29, 1.82) is 0 Å². The molecule has 3 nitrogen and oxygen atoms in total. The Morgan fingerprint density at radius 3 is 2.71 bits per heavy atom. The maximum absolute atomic E-state index is 9.01. The Kier molecular flexibility index (Phi) is 5.45. The summed E-state index contributed by atoms with van der Waals surface area (Å²) >= 11 is 0. The Balaban J connectivity index is 2.38. The van der Waals surface area contributed by atoms with E-state index >= 15 is 0 Å². The van der Waals surface area contributed by atoms with Crippen LogP contribution in [0.4, 0.5) is 0 Å². The summed E-state index contributed by atoms with van der Waals surface area (Å²) in [5, 5.41) is 16.1. The molecule has 0 aliphatic carbocycles. The van der Waals surface area contributed by atoms with E-state index in [9.17, 15) is 0 Å². The minimum Gasteiger partial charge on any atom is -0.396 e. The first-order valence-electron chi connectivity index (χ1n) is 5.84. The van der Waals surface area contributed by atoms with Crippen molar-refractivity contribution in [3.8, 4) is 0 Å². The zero-order valence-electron chi connectivity index (χ0n) is 9.42. The molecule has 1 heterocycles. The van der Waals surface area contributed by atoms with Gasteiger partial charge in [-0.15, -0.1) is 0 Å². The van der Waals surface area contributed by atoms with E-state index in [0.717, 1.165) is 13.0 Å². The van der Waals surface area contributed by atoms with Crippen molar-refractivity contribution in [3.63, 3.8) is 0 Å². The SMILES string of the molecule is CC(C)N[C@@H](CCO)[C@H]1CCCCN1. The van der Waals surface area contributed by atoms with Gasteiger partial charge in [0.05, 0.1) is 0 Å². The molecule has 0 aromatic rings. The van der Waals surface area contributed by atoms with Gasteiger partial charge in [0, 0.05) is 24.7 Å². The van der Waals surface area contributed by atoms with Gasteiger partial charge in [-0.25, -0.2) is 0 Å². The molecule has 0 aromatic heterocycles. The molecule has 0 bridgehead atoms. The fourth-order valence-electron chi connectivity index (χ4n) is 2.19. The van der Waals surface area contributed by atoms with Crippen molar-refractivity contribution >= 4 is 0 Å². The van der Waals surface area contributed by atoms with Crippen LogP contribution in [0.15, 0.2) is 0 Å². The lowest BCUT2D eigenvalue weighted by atomic mass is 9.95. The Morgan fingerprint density at radius 2 is 2.21 bits per heavy atom. The fourth-order valence-corrected chi connectivity index (χ4v) is 2.19. The van der Waals surface area contributed by atoms with Gasteiger partial charge in [-0.05, 0) is 25.8 Å². The first-order chi connectivity index (χ1) is 6.74. The minimum atomic E-state index is 0.280. The van der Waals surface area contributed by atoms with Crippen molar-refractivity contribution in [2.24, 2.45) is 0 Å². The highest BCUT2D eigenvalue weighted by Gasteiger charge is 2.22. The van der Waals surface area contributed by atoms with Gasteiger partial charge in [0.25, 0.3) is 0 Å². The Morgan fingerprint density at radius 1 is 1.43 bits per heavy atom. The van der Waals surface area contributed by atoms with Crippen LogP contribution < -0.4 is 10.6 Å². The van der Waals surface area contributed by atoms with E-state index in [1.165, 1.54) is 19.3 Å². The lowest BCUT2D eigenvalue weighted by molar-refractivity contribution is 0.222. The molecule has 0 radical (unpaired) electrons. The number of hydrogen-bond acceptors (Lipinski definition) is 3.